The molecule has 1 aliphatic heterocycles. The molecule has 1 saturated heterocycles. The molecule has 1 unspecified atom stereocenters. The van der Waals surface area contributed by atoms with E-state index in [2.05, 4.69) is 4.72 Å². The molecule has 1 N–H and O–H groups in total. The van der Waals surface area contributed by atoms with Crippen LogP contribution in [0.4, 0.5) is 10.5 Å². The first-order valence-corrected chi connectivity index (χ1v) is 11.7. The van der Waals surface area contributed by atoms with Crippen LogP contribution in [0, 0.1) is 6.92 Å². The summed E-state index contributed by atoms with van der Waals surface area (Å²) >= 11 is 0. The van der Waals surface area contributed by atoms with E-state index >= 15 is 0 Å². The van der Waals surface area contributed by atoms with Gasteiger partial charge in [-0.15, -0.1) is 0 Å². The van der Waals surface area contributed by atoms with E-state index in [9.17, 15) is 13.2 Å². The Morgan fingerprint density at radius 1 is 1.07 bits per heavy atom. The van der Waals surface area contributed by atoms with Crippen LogP contribution in [0.1, 0.15) is 50.7 Å². The highest BCUT2D eigenvalue weighted by Crippen LogP contribution is 2.29. The maximum Gasteiger partial charge on any atom is 0.410 e. The molecule has 0 radical (unpaired) electrons. The van der Waals surface area contributed by atoms with Gasteiger partial charge < -0.3 is 9.64 Å². The predicted molar refractivity (Wildman–Crippen MR) is 118 cm³/mol. The highest BCUT2D eigenvalue weighted by molar-refractivity contribution is 7.92. The first-order valence-electron chi connectivity index (χ1n) is 10.2. The predicted octanol–water partition coefficient (Wildman–Crippen LogP) is 4.91. The molecule has 1 atom stereocenters. The van der Waals surface area contributed by atoms with Crippen molar-refractivity contribution < 1.29 is 17.9 Å². The molecule has 2 aromatic rings. The fourth-order valence-corrected chi connectivity index (χ4v) is 4.55. The molecule has 30 heavy (non-hydrogen) atoms. The minimum atomic E-state index is -3.62. The lowest BCUT2D eigenvalue weighted by molar-refractivity contribution is 0.0198. The molecule has 0 aromatic heterocycles. The molecule has 0 spiro atoms. The van der Waals surface area contributed by atoms with Crippen LogP contribution in [0.5, 0.6) is 0 Å². The number of carbonyl (C=O) groups excluding carboxylic acids is 1. The number of likely N-dealkylation sites (tertiary alicyclic amines) is 1. The fourth-order valence-electron chi connectivity index (χ4n) is 3.50. The van der Waals surface area contributed by atoms with E-state index in [0.29, 0.717) is 18.8 Å². The first kappa shape index (κ1) is 22.2. The van der Waals surface area contributed by atoms with Crippen molar-refractivity contribution in [1.29, 1.82) is 0 Å². The van der Waals surface area contributed by atoms with Gasteiger partial charge >= 0.3 is 6.09 Å². The minimum Gasteiger partial charge on any atom is -0.444 e. The van der Waals surface area contributed by atoms with E-state index < -0.39 is 15.6 Å². The lowest BCUT2D eigenvalue weighted by Crippen LogP contribution is -2.42. The molecule has 1 heterocycles. The summed E-state index contributed by atoms with van der Waals surface area (Å²) in [6, 6.07) is 14.1. The normalized spacial score (nSPS) is 17.5. The Labute approximate surface area is 179 Å². The molecular weight excluding hydrogens is 400 g/mol. The maximum absolute atomic E-state index is 12.6. The maximum atomic E-state index is 12.6. The van der Waals surface area contributed by atoms with Crippen LogP contribution in [0.2, 0.25) is 0 Å². The molecule has 1 fully saturated rings. The number of nitrogens with zero attached hydrogens (tertiary/aromatic N) is 1. The zero-order valence-corrected chi connectivity index (χ0v) is 18.8. The van der Waals surface area contributed by atoms with Gasteiger partial charge in [-0.1, -0.05) is 29.8 Å². The SMILES string of the molecule is Cc1ccc(S(=O)(=O)Nc2ccc(C3CCCN(C(=O)OC(C)(C)C)C3)cc2)cc1. The number of benzene rings is 2. The number of aryl methyl sites for hydroxylation is 1. The van der Waals surface area contributed by atoms with Crippen molar-refractivity contribution in [1.82, 2.24) is 4.90 Å². The van der Waals surface area contributed by atoms with Gasteiger partial charge in [0.05, 0.1) is 4.90 Å². The standard InChI is InChI=1S/C23H30N2O4S/c1-17-7-13-21(14-8-17)30(27,28)24-20-11-9-18(10-12-20)19-6-5-15-25(16-19)22(26)29-23(2,3)4/h7-14,19,24H,5-6,15-16H2,1-4H3. The second-order valence-electron chi connectivity index (χ2n) is 8.81. The number of piperidine rings is 1. The molecule has 6 nitrogen and oxygen atoms in total. The number of sulfonamides is 1. The van der Waals surface area contributed by atoms with Gasteiger partial charge in [-0.2, -0.15) is 0 Å². The Bertz CT molecular complexity index is 977. The third kappa shape index (κ3) is 5.75. The van der Waals surface area contributed by atoms with E-state index in [1.54, 1.807) is 41.3 Å². The monoisotopic (exact) mass is 430 g/mol. The van der Waals surface area contributed by atoms with Gasteiger partial charge in [-0.05, 0) is 70.4 Å². The Morgan fingerprint density at radius 2 is 1.70 bits per heavy atom. The number of ether oxygens (including phenoxy) is 1. The Morgan fingerprint density at radius 3 is 2.30 bits per heavy atom. The van der Waals surface area contributed by atoms with E-state index in [1.165, 1.54) is 0 Å². The number of carbonyl (C=O) groups is 1. The lowest BCUT2D eigenvalue weighted by Gasteiger charge is -2.34. The molecule has 1 aliphatic rings. The lowest BCUT2D eigenvalue weighted by atomic mass is 9.91. The van der Waals surface area contributed by atoms with Gasteiger partial charge in [0, 0.05) is 24.7 Å². The molecule has 0 saturated carbocycles. The zero-order chi connectivity index (χ0) is 21.9. The molecule has 7 heteroatoms. The summed E-state index contributed by atoms with van der Waals surface area (Å²) in [5.74, 6) is 0.203. The molecule has 2 aromatic carbocycles. The quantitative estimate of drug-likeness (QED) is 0.748. The summed E-state index contributed by atoms with van der Waals surface area (Å²) in [7, 11) is -3.62. The molecule has 3 rings (SSSR count). The highest BCUT2D eigenvalue weighted by Gasteiger charge is 2.28. The summed E-state index contributed by atoms with van der Waals surface area (Å²) in [6.45, 7) is 8.80. The third-order valence-electron chi connectivity index (χ3n) is 5.04. The van der Waals surface area contributed by atoms with Crippen LogP contribution >= 0.6 is 0 Å². The summed E-state index contributed by atoms with van der Waals surface area (Å²) in [4.78, 5) is 14.4. The number of hydrogen-bond acceptors (Lipinski definition) is 4. The van der Waals surface area contributed by atoms with Gasteiger partial charge in [0.15, 0.2) is 0 Å². The fraction of sp³-hybridized carbons (Fsp3) is 0.435. The Hall–Kier alpha value is -2.54. The van der Waals surface area contributed by atoms with Crippen LogP contribution in [0.15, 0.2) is 53.4 Å². The average Bonchev–Trinajstić information content (AvgIpc) is 2.67. The topological polar surface area (TPSA) is 75.7 Å². The second kappa shape index (κ2) is 8.68. The molecular formula is C23H30N2O4S. The second-order valence-corrected chi connectivity index (χ2v) is 10.5. The summed E-state index contributed by atoms with van der Waals surface area (Å²) in [5.41, 5.74) is 2.09. The van der Waals surface area contributed by atoms with Gasteiger partial charge in [0.25, 0.3) is 10.0 Å². The van der Waals surface area contributed by atoms with Crippen LogP contribution in [0.25, 0.3) is 0 Å². The number of anilines is 1. The van der Waals surface area contributed by atoms with Crippen molar-refractivity contribution in [2.45, 2.75) is 57.0 Å². The molecule has 0 bridgehead atoms. The van der Waals surface area contributed by atoms with Crippen LogP contribution in [-0.4, -0.2) is 38.1 Å². The van der Waals surface area contributed by atoms with Gasteiger partial charge in [-0.25, -0.2) is 13.2 Å². The zero-order valence-electron chi connectivity index (χ0n) is 18.0. The molecule has 162 valence electrons. The molecule has 1 amide bonds. The van der Waals surface area contributed by atoms with Crippen molar-refractivity contribution in [3.63, 3.8) is 0 Å². The number of amides is 1. The van der Waals surface area contributed by atoms with Gasteiger partial charge in [-0.3, -0.25) is 4.72 Å². The van der Waals surface area contributed by atoms with Crippen LogP contribution in [0.3, 0.4) is 0 Å². The van der Waals surface area contributed by atoms with E-state index in [4.69, 9.17) is 4.74 Å². The van der Waals surface area contributed by atoms with Gasteiger partial charge in [0.2, 0.25) is 0 Å². The number of hydrogen-bond donors (Lipinski definition) is 1. The third-order valence-corrected chi connectivity index (χ3v) is 6.44. The van der Waals surface area contributed by atoms with Crippen molar-refractivity contribution >= 4 is 21.8 Å². The van der Waals surface area contributed by atoms with Crippen molar-refractivity contribution in [3.8, 4) is 0 Å². The van der Waals surface area contributed by atoms with Crippen molar-refractivity contribution in [2.75, 3.05) is 17.8 Å². The number of rotatable bonds is 4. The summed E-state index contributed by atoms with van der Waals surface area (Å²) in [6.07, 6.45) is 1.61. The highest BCUT2D eigenvalue weighted by atomic mass is 32.2. The van der Waals surface area contributed by atoms with Crippen LogP contribution < -0.4 is 4.72 Å². The van der Waals surface area contributed by atoms with E-state index in [-0.39, 0.29) is 16.9 Å². The Balaban J connectivity index is 1.66. The largest absolute Gasteiger partial charge is 0.444 e. The molecule has 0 aliphatic carbocycles. The Kier molecular flexibility index (Phi) is 6.41. The van der Waals surface area contributed by atoms with Gasteiger partial charge in [0.1, 0.15) is 5.60 Å². The van der Waals surface area contributed by atoms with Crippen molar-refractivity contribution in [2.24, 2.45) is 0 Å². The first-order chi connectivity index (χ1) is 14.0. The van der Waals surface area contributed by atoms with Crippen LogP contribution in [-0.2, 0) is 14.8 Å². The summed E-state index contributed by atoms with van der Waals surface area (Å²) in [5, 5.41) is 0. The number of nitrogens with one attached hydrogen (secondary N) is 1. The van der Waals surface area contributed by atoms with E-state index in [0.717, 1.165) is 24.0 Å². The van der Waals surface area contributed by atoms with Crippen molar-refractivity contribution in [3.05, 3.63) is 59.7 Å². The smallest absolute Gasteiger partial charge is 0.410 e. The minimum absolute atomic E-state index is 0.203. The average molecular weight is 431 g/mol. The van der Waals surface area contributed by atoms with E-state index in [1.807, 2.05) is 39.8 Å². The summed E-state index contributed by atoms with van der Waals surface area (Å²) < 4.78 is 33.2.